The van der Waals surface area contributed by atoms with E-state index >= 15 is 0 Å². The van der Waals surface area contributed by atoms with Gasteiger partial charge in [0.2, 0.25) is 0 Å². The second kappa shape index (κ2) is 7.10. The minimum absolute atomic E-state index is 0.208. The first-order valence-corrected chi connectivity index (χ1v) is 6.26. The zero-order valence-electron chi connectivity index (χ0n) is 9.27. The highest BCUT2D eigenvalue weighted by atomic mass is 35.5. The summed E-state index contributed by atoms with van der Waals surface area (Å²) in [7, 11) is 0. The van der Waals surface area contributed by atoms with Gasteiger partial charge in [0.05, 0.1) is 5.02 Å². The molecule has 1 aromatic carbocycles. The minimum Gasteiger partial charge on any atom is -0.312 e. The van der Waals surface area contributed by atoms with Crippen molar-refractivity contribution < 1.29 is 4.39 Å². The predicted octanol–water partition coefficient (Wildman–Crippen LogP) is 3.83. The lowest BCUT2D eigenvalue weighted by molar-refractivity contribution is 0.501. The Balaban J connectivity index is 2.40. The van der Waals surface area contributed by atoms with Gasteiger partial charge in [-0.3, -0.25) is 0 Å². The van der Waals surface area contributed by atoms with Crippen LogP contribution in [0.15, 0.2) is 18.2 Å². The van der Waals surface area contributed by atoms with Crippen LogP contribution in [0.5, 0.6) is 0 Å². The van der Waals surface area contributed by atoms with Gasteiger partial charge in [-0.15, -0.1) is 11.6 Å². The summed E-state index contributed by atoms with van der Waals surface area (Å²) in [4.78, 5) is 0. The molecule has 0 aliphatic heterocycles. The van der Waals surface area contributed by atoms with Crippen LogP contribution in [0.1, 0.15) is 18.9 Å². The Hall–Kier alpha value is -0.310. The third-order valence-corrected chi connectivity index (χ3v) is 3.08. The molecule has 1 N–H and O–H groups in total. The van der Waals surface area contributed by atoms with Gasteiger partial charge in [0.1, 0.15) is 5.82 Å². The topological polar surface area (TPSA) is 12.0 Å². The van der Waals surface area contributed by atoms with Gasteiger partial charge in [-0.25, -0.2) is 4.39 Å². The van der Waals surface area contributed by atoms with Crippen molar-refractivity contribution in [1.29, 1.82) is 0 Å². The Morgan fingerprint density at radius 1 is 1.44 bits per heavy atom. The molecule has 1 nitrogen and oxygen atoms in total. The fraction of sp³-hybridized carbons (Fsp3) is 0.500. The second-order valence-corrected chi connectivity index (χ2v) is 4.68. The Kier molecular flexibility index (Phi) is 6.10. The van der Waals surface area contributed by atoms with Crippen LogP contribution in [-0.2, 0) is 6.54 Å². The predicted molar refractivity (Wildman–Crippen MR) is 67.6 cm³/mol. The summed E-state index contributed by atoms with van der Waals surface area (Å²) in [6.45, 7) is 3.57. The number of halogens is 3. The zero-order valence-corrected chi connectivity index (χ0v) is 10.8. The van der Waals surface area contributed by atoms with E-state index in [1.807, 2.05) is 6.07 Å². The molecule has 0 aromatic heterocycles. The molecule has 0 aliphatic rings. The van der Waals surface area contributed by atoms with Gasteiger partial charge in [0.15, 0.2) is 0 Å². The molecule has 0 spiro atoms. The first kappa shape index (κ1) is 13.8. The monoisotopic (exact) mass is 263 g/mol. The molecule has 16 heavy (non-hydrogen) atoms. The molecule has 0 saturated heterocycles. The molecule has 0 bridgehead atoms. The molecular weight excluding hydrogens is 248 g/mol. The summed E-state index contributed by atoms with van der Waals surface area (Å²) in [5.74, 6) is 0.823. The smallest absolute Gasteiger partial charge is 0.142 e. The summed E-state index contributed by atoms with van der Waals surface area (Å²) >= 11 is 11.5. The van der Waals surface area contributed by atoms with E-state index in [-0.39, 0.29) is 10.8 Å². The third-order valence-electron chi connectivity index (χ3n) is 2.44. The van der Waals surface area contributed by atoms with Crippen LogP contribution in [0.2, 0.25) is 5.02 Å². The second-order valence-electron chi connectivity index (χ2n) is 3.93. The van der Waals surface area contributed by atoms with Crippen LogP contribution < -0.4 is 5.32 Å². The molecule has 1 rings (SSSR count). The van der Waals surface area contributed by atoms with E-state index in [0.717, 1.165) is 18.5 Å². The third kappa shape index (κ3) is 4.28. The fourth-order valence-corrected chi connectivity index (χ4v) is 1.99. The van der Waals surface area contributed by atoms with Crippen LogP contribution >= 0.6 is 23.2 Å². The summed E-state index contributed by atoms with van der Waals surface area (Å²) in [6, 6.07) is 4.85. The highest BCUT2D eigenvalue weighted by molar-refractivity contribution is 6.31. The van der Waals surface area contributed by atoms with Crippen molar-refractivity contribution in [2.45, 2.75) is 19.9 Å². The molecule has 0 radical (unpaired) electrons. The van der Waals surface area contributed by atoms with Crippen molar-refractivity contribution >= 4 is 23.2 Å². The number of benzene rings is 1. The molecule has 0 fully saturated rings. The van der Waals surface area contributed by atoms with Gasteiger partial charge in [-0.2, -0.15) is 0 Å². The number of nitrogens with one attached hydrogen (secondary N) is 1. The van der Waals surface area contributed by atoms with Crippen molar-refractivity contribution in [2.24, 2.45) is 5.92 Å². The zero-order chi connectivity index (χ0) is 12.0. The van der Waals surface area contributed by atoms with Gasteiger partial charge in [0.25, 0.3) is 0 Å². The molecular formula is C12H16Cl2FN. The molecule has 0 heterocycles. The van der Waals surface area contributed by atoms with E-state index in [2.05, 4.69) is 12.2 Å². The maximum atomic E-state index is 13.1. The number of hydrogen-bond donors (Lipinski definition) is 1. The van der Waals surface area contributed by atoms with E-state index in [1.165, 1.54) is 6.07 Å². The molecule has 0 saturated carbocycles. The highest BCUT2D eigenvalue weighted by Crippen LogP contribution is 2.19. The summed E-state index contributed by atoms with van der Waals surface area (Å²) < 4.78 is 13.1. The highest BCUT2D eigenvalue weighted by Gasteiger charge is 2.06. The molecule has 90 valence electrons. The SMILES string of the molecule is CC(CCCl)CNCc1cccc(F)c1Cl. The number of hydrogen-bond acceptors (Lipinski definition) is 1. The van der Waals surface area contributed by atoms with E-state index in [0.29, 0.717) is 18.3 Å². The van der Waals surface area contributed by atoms with E-state index in [4.69, 9.17) is 23.2 Å². The number of rotatable bonds is 6. The van der Waals surface area contributed by atoms with Gasteiger partial charge >= 0.3 is 0 Å². The van der Waals surface area contributed by atoms with Crippen molar-refractivity contribution in [1.82, 2.24) is 5.32 Å². The summed E-state index contributed by atoms with van der Waals surface area (Å²) in [6.07, 6.45) is 0.978. The van der Waals surface area contributed by atoms with E-state index < -0.39 is 0 Å². The molecule has 1 unspecified atom stereocenters. The molecule has 0 amide bonds. The van der Waals surface area contributed by atoms with Crippen LogP contribution in [0.3, 0.4) is 0 Å². The van der Waals surface area contributed by atoms with E-state index in [9.17, 15) is 4.39 Å². The van der Waals surface area contributed by atoms with Crippen LogP contribution in [-0.4, -0.2) is 12.4 Å². The van der Waals surface area contributed by atoms with Crippen molar-refractivity contribution in [3.05, 3.63) is 34.6 Å². The fourth-order valence-electron chi connectivity index (χ4n) is 1.43. The molecule has 1 atom stereocenters. The molecule has 1 aromatic rings. The maximum Gasteiger partial charge on any atom is 0.142 e. The Morgan fingerprint density at radius 2 is 2.19 bits per heavy atom. The average Bonchev–Trinajstić information content (AvgIpc) is 2.25. The van der Waals surface area contributed by atoms with E-state index in [1.54, 1.807) is 6.07 Å². The van der Waals surface area contributed by atoms with Crippen LogP contribution in [0, 0.1) is 11.7 Å². The number of alkyl halides is 1. The normalized spacial score (nSPS) is 12.8. The van der Waals surface area contributed by atoms with Gasteiger partial charge in [-0.1, -0.05) is 30.7 Å². The summed E-state index contributed by atoms with van der Waals surface area (Å²) in [5, 5.41) is 3.45. The largest absolute Gasteiger partial charge is 0.312 e. The Labute approximate surface area is 106 Å². The molecule has 0 aliphatic carbocycles. The minimum atomic E-state index is -0.366. The van der Waals surface area contributed by atoms with Crippen molar-refractivity contribution in [3.63, 3.8) is 0 Å². The first-order chi connectivity index (χ1) is 7.65. The van der Waals surface area contributed by atoms with Gasteiger partial charge < -0.3 is 5.32 Å². The van der Waals surface area contributed by atoms with Crippen molar-refractivity contribution in [3.8, 4) is 0 Å². The lowest BCUT2D eigenvalue weighted by Gasteiger charge is -2.11. The average molecular weight is 264 g/mol. The molecule has 4 heteroatoms. The van der Waals surface area contributed by atoms with Crippen LogP contribution in [0.4, 0.5) is 4.39 Å². The lowest BCUT2D eigenvalue weighted by Crippen LogP contribution is -2.21. The lowest BCUT2D eigenvalue weighted by atomic mass is 10.1. The van der Waals surface area contributed by atoms with Gasteiger partial charge in [-0.05, 0) is 30.5 Å². The standard InChI is InChI=1S/C12H16Cl2FN/c1-9(5-6-13)7-16-8-10-3-2-4-11(15)12(10)14/h2-4,9,16H,5-8H2,1H3. The first-order valence-electron chi connectivity index (χ1n) is 5.34. The quantitative estimate of drug-likeness (QED) is 0.770. The Bertz CT molecular complexity index is 331. The van der Waals surface area contributed by atoms with Crippen molar-refractivity contribution in [2.75, 3.05) is 12.4 Å². The Morgan fingerprint density at radius 3 is 2.88 bits per heavy atom. The van der Waals surface area contributed by atoms with Gasteiger partial charge in [0, 0.05) is 12.4 Å². The van der Waals surface area contributed by atoms with Crippen LogP contribution in [0.25, 0.3) is 0 Å². The maximum absolute atomic E-state index is 13.1. The summed E-state index contributed by atoms with van der Waals surface area (Å²) in [5.41, 5.74) is 0.791.